The molecule has 1 saturated carbocycles. The summed E-state index contributed by atoms with van der Waals surface area (Å²) in [4.78, 5) is 23.8. The molecule has 0 N–H and O–H groups in total. The van der Waals surface area contributed by atoms with Gasteiger partial charge in [0, 0.05) is 0 Å². The van der Waals surface area contributed by atoms with Gasteiger partial charge in [-0.2, -0.15) is 0 Å². The third-order valence-electron chi connectivity index (χ3n) is 4.03. The first kappa shape index (κ1) is 12.2. The van der Waals surface area contributed by atoms with Crippen LogP contribution in [0.2, 0.25) is 0 Å². The smallest absolute Gasteiger partial charge is 0.337 e. The Hall–Kier alpha value is -1.84. The number of benzene rings is 1. The first-order chi connectivity index (χ1) is 9.13. The molecule has 100 valence electrons. The van der Waals surface area contributed by atoms with Crippen LogP contribution >= 0.6 is 0 Å². The quantitative estimate of drug-likeness (QED) is 0.728. The predicted molar refractivity (Wildman–Crippen MR) is 68.6 cm³/mol. The van der Waals surface area contributed by atoms with E-state index in [0.717, 1.165) is 25.7 Å². The summed E-state index contributed by atoms with van der Waals surface area (Å²) in [6.45, 7) is 0. The van der Waals surface area contributed by atoms with Gasteiger partial charge in [-0.25, -0.2) is 4.79 Å². The molecule has 1 fully saturated rings. The van der Waals surface area contributed by atoms with E-state index in [4.69, 9.17) is 4.74 Å². The molecule has 0 amide bonds. The predicted octanol–water partition coefficient (Wildman–Crippen LogP) is 2.75. The first-order valence-corrected chi connectivity index (χ1v) is 6.58. The van der Waals surface area contributed by atoms with Crippen LogP contribution in [0.1, 0.15) is 52.8 Å². The summed E-state index contributed by atoms with van der Waals surface area (Å²) in [7, 11) is 1.33. The number of Topliss-reactive ketones (excluding diaryl/α,β-unsaturated/α-hetero) is 1. The highest BCUT2D eigenvalue weighted by Gasteiger charge is 2.42. The maximum absolute atomic E-state index is 12.3. The maximum atomic E-state index is 12.3. The van der Waals surface area contributed by atoms with Gasteiger partial charge in [-0.15, -0.1) is 0 Å². The zero-order valence-electron chi connectivity index (χ0n) is 10.9. The summed E-state index contributed by atoms with van der Waals surface area (Å²) in [5.41, 5.74) is 0.595. The van der Waals surface area contributed by atoms with Crippen LogP contribution in [0.4, 0.5) is 0 Å². The summed E-state index contributed by atoms with van der Waals surface area (Å²) in [5.74, 6) is 0.233. The molecule has 0 aromatic heterocycles. The van der Waals surface area contributed by atoms with Crippen LogP contribution in [0.15, 0.2) is 18.2 Å². The second kappa shape index (κ2) is 4.37. The summed E-state index contributed by atoms with van der Waals surface area (Å²) in [6, 6.07) is 4.93. The Morgan fingerprint density at radius 3 is 2.74 bits per heavy atom. The number of carbonyl (C=O) groups is 2. The lowest BCUT2D eigenvalue weighted by atomic mass is 9.88. The Morgan fingerprint density at radius 1 is 1.32 bits per heavy atom. The minimum Gasteiger partial charge on any atom is -0.486 e. The van der Waals surface area contributed by atoms with Gasteiger partial charge in [-0.05, 0) is 43.9 Å². The minimum absolute atomic E-state index is 0.0638. The summed E-state index contributed by atoms with van der Waals surface area (Å²) < 4.78 is 10.7. The van der Waals surface area contributed by atoms with Gasteiger partial charge in [-0.3, -0.25) is 4.79 Å². The van der Waals surface area contributed by atoms with E-state index in [2.05, 4.69) is 4.74 Å². The normalized spacial score (nSPS) is 19.9. The molecule has 1 spiro atoms. The van der Waals surface area contributed by atoms with Crippen molar-refractivity contribution in [1.82, 2.24) is 0 Å². The number of carbonyl (C=O) groups excluding carboxylic acids is 2. The summed E-state index contributed by atoms with van der Waals surface area (Å²) in [5, 5.41) is 0. The lowest BCUT2D eigenvalue weighted by molar-refractivity contribution is 0.0450. The lowest BCUT2D eigenvalue weighted by Crippen LogP contribution is -2.39. The van der Waals surface area contributed by atoms with E-state index in [-0.39, 0.29) is 11.4 Å². The zero-order chi connectivity index (χ0) is 13.5. The Balaban J connectivity index is 1.97. The van der Waals surface area contributed by atoms with Crippen LogP contribution in [-0.2, 0) is 4.74 Å². The van der Waals surface area contributed by atoms with Crippen molar-refractivity contribution in [3.63, 3.8) is 0 Å². The number of hydrogen-bond acceptors (Lipinski definition) is 4. The van der Waals surface area contributed by atoms with E-state index in [1.54, 1.807) is 18.2 Å². The molecule has 0 atom stereocenters. The molecule has 0 unspecified atom stereocenters. The second-order valence-electron chi connectivity index (χ2n) is 5.29. The van der Waals surface area contributed by atoms with Crippen molar-refractivity contribution in [3.8, 4) is 5.75 Å². The highest BCUT2D eigenvalue weighted by atomic mass is 16.5. The molecular formula is C15H16O4. The van der Waals surface area contributed by atoms with Crippen LogP contribution < -0.4 is 4.74 Å². The average Bonchev–Trinajstić information content (AvgIpc) is 2.85. The lowest BCUT2D eigenvalue weighted by Gasteiger charge is -2.34. The number of rotatable bonds is 1. The van der Waals surface area contributed by atoms with E-state index < -0.39 is 5.97 Å². The Labute approximate surface area is 111 Å². The van der Waals surface area contributed by atoms with E-state index in [1.165, 1.54) is 7.11 Å². The van der Waals surface area contributed by atoms with Crippen LogP contribution in [0, 0.1) is 0 Å². The fourth-order valence-corrected chi connectivity index (χ4v) is 3.04. The van der Waals surface area contributed by atoms with Gasteiger partial charge in [0.1, 0.15) is 11.4 Å². The Kier molecular flexibility index (Phi) is 2.81. The van der Waals surface area contributed by atoms with E-state index in [0.29, 0.717) is 23.3 Å². The first-order valence-electron chi connectivity index (χ1n) is 6.58. The molecule has 2 aliphatic rings. The van der Waals surface area contributed by atoms with E-state index >= 15 is 0 Å². The highest BCUT2D eigenvalue weighted by molar-refractivity contribution is 6.02. The van der Waals surface area contributed by atoms with Gasteiger partial charge in [-0.1, -0.05) is 0 Å². The third kappa shape index (κ3) is 2.01. The van der Waals surface area contributed by atoms with E-state index in [9.17, 15) is 9.59 Å². The van der Waals surface area contributed by atoms with Crippen LogP contribution in [0.25, 0.3) is 0 Å². The van der Waals surface area contributed by atoms with Gasteiger partial charge < -0.3 is 9.47 Å². The maximum Gasteiger partial charge on any atom is 0.337 e. The average molecular weight is 260 g/mol. The molecule has 1 heterocycles. The Bertz CT molecular complexity index is 541. The topological polar surface area (TPSA) is 52.6 Å². The van der Waals surface area contributed by atoms with Crippen molar-refractivity contribution >= 4 is 11.8 Å². The molecule has 1 aromatic rings. The van der Waals surface area contributed by atoms with Crippen molar-refractivity contribution in [1.29, 1.82) is 0 Å². The zero-order valence-corrected chi connectivity index (χ0v) is 10.9. The molecule has 3 rings (SSSR count). The van der Waals surface area contributed by atoms with Crippen LogP contribution in [-0.4, -0.2) is 24.5 Å². The molecule has 4 heteroatoms. The number of fused-ring (bicyclic) bond motifs is 1. The number of esters is 1. The number of ketones is 1. The summed E-state index contributed by atoms with van der Waals surface area (Å²) in [6.07, 6.45) is 4.53. The van der Waals surface area contributed by atoms with Crippen LogP contribution in [0.5, 0.6) is 5.75 Å². The van der Waals surface area contributed by atoms with Crippen molar-refractivity contribution < 1.29 is 19.1 Å². The highest BCUT2D eigenvalue weighted by Crippen LogP contribution is 2.43. The summed E-state index contributed by atoms with van der Waals surface area (Å²) >= 11 is 0. The fourth-order valence-electron chi connectivity index (χ4n) is 3.04. The monoisotopic (exact) mass is 260 g/mol. The molecule has 19 heavy (non-hydrogen) atoms. The number of hydrogen-bond donors (Lipinski definition) is 0. The minimum atomic E-state index is -0.434. The van der Waals surface area contributed by atoms with Crippen molar-refractivity contribution in [3.05, 3.63) is 29.3 Å². The largest absolute Gasteiger partial charge is 0.486 e. The van der Waals surface area contributed by atoms with Gasteiger partial charge >= 0.3 is 5.97 Å². The molecular weight excluding hydrogens is 244 g/mol. The fraction of sp³-hybridized carbons (Fsp3) is 0.467. The molecule has 1 aliphatic heterocycles. The molecule has 0 radical (unpaired) electrons. The molecule has 0 saturated heterocycles. The van der Waals surface area contributed by atoms with Gasteiger partial charge in [0.15, 0.2) is 5.78 Å². The van der Waals surface area contributed by atoms with Gasteiger partial charge in [0.05, 0.1) is 24.7 Å². The van der Waals surface area contributed by atoms with Gasteiger partial charge in [0.2, 0.25) is 0 Å². The van der Waals surface area contributed by atoms with E-state index in [1.807, 2.05) is 0 Å². The molecule has 4 nitrogen and oxygen atoms in total. The Morgan fingerprint density at radius 2 is 2.05 bits per heavy atom. The van der Waals surface area contributed by atoms with Crippen LogP contribution in [0.3, 0.4) is 0 Å². The molecule has 1 aromatic carbocycles. The van der Waals surface area contributed by atoms with Crippen molar-refractivity contribution in [2.45, 2.75) is 37.7 Å². The molecule has 0 bridgehead atoms. The molecule has 1 aliphatic carbocycles. The number of methoxy groups -OCH3 is 1. The SMILES string of the molecule is COC(=O)c1ccc2c(c1)C(=O)CC1(CCCC1)O2. The van der Waals surface area contributed by atoms with Crippen molar-refractivity contribution in [2.24, 2.45) is 0 Å². The number of ether oxygens (including phenoxy) is 2. The third-order valence-corrected chi connectivity index (χ3v) is 4.03. The van der Waals surface area contributed by atoms with Gasteiger partial charge in [0.25, 0.3) is 0 Å². The van der Waals surface area contributed by atoms with Crippen molar-refractivity contribution in [2.75, 3.05) is 7.11 Å². The standard InChI is InChI=1S/C15H16O4/c1-18-14(17)10-4-5-13-11(8-10)12(16)9-15(19-13)6-2-3-7-15/h4-5,8H,2-3,6-7,9H2,1H3. The second-order valence-corrected chi connectivity index (χ2v) is 5.29.